The molecule has 1 amide bonds. The second-order valence-corrected chi connectivity index (χ2v) is 9.10. The molecule has 0 fully saturated rings. The second kappa shape index (κ2) is 9.97. The lowest BCUT2D eigenvalue weighted by molar-refractivity contribution is -0.117. The van der Waals surface area contributed by atoms with Crippen LogP contribution in [-0.2, 0) is 4.79 Å². The third-order valence-electron chi connectivity index (χ3n) is 6.30. The molecule has 1 N–H and O–H groups in total. The van der Waals surface area contributed by atoms with Crippen LogP contribution in [-0.4, -0.2) is 37.1 Å². The van der Waals surface area contributed by atoms with Crippen LogP contribution in [0.25, 0.3) is 11.0 Å². The topological polar surface area (TPSA) is 98.4 Å². The van der Waals surface area contributed by atoms with Crippen LogP contribution < -0.4 is 19.1 Å². The van der Waals surface area contributed by atoms with Gasteiger partial charge in [-0.1, -0.05) is 24.3 Å². The van der Waals surface area contributed by atoms with E-state index in [2.05, 4.69) is 0 Å². The first-order valence-electron chi connectivity index (χ1n) is 12.1. The Labute approximate surface area is 219 Å². The second-order valence-electron chi connectivity index (χ2n) is 9.10. The van der Waals surface area contributed by atoms with Crippen molar-refractivity contribution in [2.45, 2.75) is 26.0 Å². The number of ketones is 1. The molecular weight excluding hydrogens is 486 g/mol. The molecule has 1 aliphatic heterocycles. The third kappa shape index (κ3) is 4.34. The number of nitrogens with zero attached hydrogens (tertiary/aromatic N) is 1. The van der Waals surface area contributed by atoms with E-state index in [9.17, 15) is 14.7 Å². The van der Waals surface area contributed by atoms with Crippen LogP contribution in [0.4, 0.5) is 5.69 Å². The largest absolute Gasteiger partial charge is 0.503 e. The molecule has 3 aromatic carbocycles. The number of rotatable bonds is 8. The minimum Gasteiger partial charge on any atom is -0.503 e. The normalized spacial score (nSPS) is 15.4. The number of amides is 1. The van der Waals surface area contributed by atoms with Crippen molar-refractivity contribution in [1.29, 1.82) is 0 Å². The highest BCUT2D eigenvalue weighted by Gasteiger charge is 2.45. The van der Waals surface area contributed by atoms with E-state index in [1.54, 1.807) is 72.8 Å². The molecule has 0 radical (unpaired) electrons. The maximum absolute atomic E-state index is 13.9. The number of Topliss-reactive ketones (excluding diaryl/α,β-unsaturated/α-hetero) is 1. The molecule has 0 aliphatic carbocycles. The minimum atomic E-state index is -0.933. The lowest BCUT2D eigenvalue weighted by Crippen LogP contribution is -2.31. The van der Waals surface area contributed by atoms with Crippen LogP contribution in [0.15, 0.2) is 88.5 Å². The Bertz CT molecular complexity index is 1550. The van der Waals surface area contributed by atoms with Gasteiger partial charge in [0.05, 0.1) is 31.9 Å². The van der Waals surface area contributed by atoms with Crippen molar-refractivity contribution in [3.8, 4) is 17.2 Å². The Morgan fingerprint density at radius 3 is 2.37 bits per heavy atom. The van der Waals surface area contributed by atoms with Crippen LogP contribution in [0, 0.1) is 0 Å². The van der Waals surface area contributed by atoms with E-state index in [1.165, 1.54) is 19.1 Å². The van der Waals surface area contributed by atoms with Gasteiger partial charge in [-0.3, -0.25) is 14.5 Å². The van der Waals surface area contributed by atoms with E-state index in [1.807, 2.05) is 13.8 Å². The van der Waals surface area contributed by atoms with Gasteiger partial charge >= 0.3 is 0 Å². The summed E-state index contributed by atoms with van der Waals surface area (Å²) in [5.74, 6) is -0.319. The van der Waals surface area contributed by atoms with Crippen molar-refractivity contribution in [2.75, 3.05) is 19.1 Å². The Morgan fingerprint density at radius 2 is 1.68 bits per heavy atom. The molecule has 8 heteroatoms. The van der Waals surface area contributed by atoms with Gasteiger partial charge in [0.2, 0.25) is 5.78 Å². The van der Waals surface area contributed by atoms with Gasteiger partial charge in [0, 0.05) is 11.1 Å². The molecule has 0 saturated heterocycles. The molecular formula is C30H27NO7. The lowest BCUT2D eigenvalue weighted by atomic mass is 9.94. The van der Waals surface area contributed by atoms with Gasteiger partial charge in [-0.2, -0.15) is 0 Å². The fourth-order valence-electron chi connectivity index (χ4n) is 4.63. The summed E-state index contributed by atoms with van der Waals surface area (Å²) < 4.78 is 22.4. The predicted octanol–water partition coefficient (Wildman–Crippen LogP) is 6.02. The van der Waals surface area contributed by atoms with Crippen molar-refractivity contribution >= 4 is 28.3 Å². The SMILES string of the molecule is COc1cccc(C2C(C(=O)c3cc4cccc(OC)c4o3)=C(O)C(=O)N2c2ccc(OC(C)C)cc2)c1. The molecule has 4 aromatic rings. The van der Waals surface area contributed by atoms with E-state index in [0.717, 1.165) is 0 Å². The van der Waals surface area contributed by atoms with E-state index >= 15 is 0 Å². The third-order valence-corrected chi connectivity index (χ3v) is 6.30. The summed E-state index contributed by atoms with van der Waals surface area (Å²) in [6.45, 7) is 3.84. The number of hydrogen-bond donors (Lipinski definition) is 1. The number of carbonyl (C=O) groups is 2. The summed E-state index contributed by atoms with van der Waals surface area (Å²) in [7, 11) is 3.04. The summed E-state index contributed by atoms with van der Waals surface area (Å²) in [6, 6.07) is 19.9. The van der Waals surface area contributed by atoms with Crippen LogP contribution in [0.1, 0.15) is 36.0 Å². The molecule has 0 bridgehead atoms. The van der Waals surface area contributed by atoms with E-state index in [-0.39, 0.29) is 17.4 Å². The maximum atomic E-state index is 13.9. The number of aliphatic hydroxyl groups is 1. The fraction of sp³-hybridized carbons (Fsp3) is 0.200. The van der Waals surface area contributed by atoms with Gasteiger partial charge in [0.1, 0.15) is 11.5 Å². The molecule has 1 aromatic heterocycles. The smallest absolute Gasteiger partial charge is 0.294 e. The van der Waals surface area contributed by atoms with Gasteiger partial charge in [0.25, 0.3) is 5.91 Å². The van der Waals surface area contributed by atoms with E-state index < -0.39 is 23.5 Å². The van der Waals surface area contributed by atoms with Gasteiger partial charge in [-0.15, -0.1) is 0 Å². The molecule has 1 atom stereocenters. The van der Waals surface area contributed by atoms with Gasteiger partial charge in [0.15, 0.2) is 22.9 Å². The number of ether oxygens (including phenoxy) is 3. The van der Waals surface area contributed by atoms with Gasteiger partial charge in [-0.05, 0) is 67.9 Å². The summed E-state index contributed by atoms with van der Waals surface area (Å²) in [5.41, 5.74) is 1.38. The van der Waals surface area contributed by atoms with Crippen molar-refractivity contribution in [3.63, 3.8) is 0 Å². The van der Waals surface area contributed by atoms with Crippen molar-refractivity contribution < 1.29 is 33.3 Å². The zero-order valence-corrected chi connectivity index (χ0v) is 21.4. The van der Waals surface area contributed by atoms with Crippen molar-refractivity contribution in [2.24, 2.45) is 0 Å². The molecule has 8 nitrogen and oxygen atoms in total. The highest BCUT2D eigenvalue weighted by molar-refractivity contribution is 6.20. The number of methoxy groups -OCH3 is 2. The molecule has 5 rings (SSSR count). The Morgan fingerprint density at radius 1 is 0.947 bits per heavy atom. The van der Waals surface area contributed by atoms with Crippen molar-refractivity contribution in [1.82, 2.24) is 0 Å². The highest BCUT2D eigenvalue weighted by Crippen LogP contribution is 2.43. The van der Waals surface area contributed by atoms with Crippen LogP contribution in [0.3, 0.4) is 0 Å². The van der Waals surface area contributed by atoms with Gasteiger partial charge < -0.3 is 23.7 Å². The monoisotopic (exact) mass is 513 g/mol. The first-order chi connectivity index (χ1) is 18.3. The number of benzene rings is 3. The molecule has 0 spiro atoms. The quantitative estimate of drug-likeness (QED) is 0.288. The average molecular weight is 514 g/mol. The summed E-state index contributed by atoms with van der Waals surface area (Å²) in [4.78, 5) is 28.7. The maximum Gasteiger partial charge on any atom is 0.294 e. The molecule has 38 heavy (non-hydrogen) atoms. The molecule has 1 aliphatic rings. The molecule has 2 heterocycles. The number of para-hydroxylation sites is 1. The summed E-state index contributed by atoms with van der Waals surface area (Å²) in [6.07, 6.45) is -0.0174. The predicted molar refractivity (Wildman–Crippen MR) is 142 cm³/mol. The number of furan rings is 1. The molecule has 1 unspecified atom stereocenters. The number of aliphatic hydroxyl groups excluding tert-OH is 1. The average Bonchev–Trinajstić information content (AvgIpc) is 3.47. The zero-order valence-electron chi connectivity index (χ0n) is 21.4. The number of anilines is 1. The van der Waals surface area contributed by atoms with Gasteiger partial charge in [-0.25, -0.2) is 0 Å². The van der Waals surface area contributed by atoms with E-state index in [4.69, 9.17) is 18.6 Å². The fourth-order valence-corrected chi connectivity index (χ4v) is 4.63. The molecule has 194 valence electrons. The first-order valence-corrected chi connectivity index (χ1v) is 12.1. The lowest BCUT2D eigenvalue weighted by Gasteiger charge is -2.27. The Balaban J connectivity index is 1.62. The Hall–Kier alpha value is -4.72. The molecule has 0 saturated carbocycles. The van der Waals surface area contributed by atoms with E-state index in [0.29, 0.717) is 39.5 Å². The number of fused-ring (bicyclic) bond motifs is 1. The standard InChI is InChI=1S/C30H27NO7/c1-17(2)37-21-13-11-20(12-14-21)31-26(18-7-5-9-22(15-18)35-3)25(28(33)30(31)34)27(32)24-16-19-8-6-10-23(36-4)29(19)38-24/h5-17,26,33H,1-4H3. The zero-order chi connectivity index (χ0) is 27.0. The highest BCUT2D eigenvalue weighted by atomic mass is 16.5. The first kappa shape index (κ1) is 25.0. The Kier molecular flexibility index (Phi) is 6.55. The van der Waals surface area contributed by atoms with Crippen LogP contribution in [0.5, 0.6) is 17.2 Å². The number of carbonyl (C=O) groups excluding carboxylic acids is 2. The van der Waals surface area contributed by atoms with Crippen LogP contribution >= 0.6 is 0 Å². The number of hydrogen-bond acceptors (Lipinski definition) is 7. The summed E-state index contributed by atoms with van der Waals surface area (Å²) >= 11 is 0. The van der Waals surface area contributed by atoms with Crippen molar-refractivity contribution in [3.05, 3.63) is 95.5 Å². The summed E-state index contributed by atoms with van der Waals surface area (Å²) in [5, 5.41) is 11.7. The van der Waals surface area contributed by atoms with Crippen LogP contribution in [0.2, 0.25) is 0 Å². The minimum absolute atomic E-state index is 0.0174.